The van der Waals surface area contributed by atoms with Gasteiger partial charge in [-0.2, -0.15) is 5.10 Å². The molecule has 2 aromatic heterocycles. The number of hydrogen-bond acceptors (Lipinski definition) is 3. The van der Waals surface area contributed by atoms with Gasteiger partial charge >= 0.3 is 0 Å². The minimum absolute atomic E-state index is 0.0943. The molecule has 2 N–H and O–H groups in total. The summed E-state index contributed by atoms with van der Waals surface area (Å²) in [6.07, 6.45) is 4.93. The third-order valence-corrected chi connectivity index (χ3v) is 6.48. The molecule has 1 aliphatic heterocycles. The Bertz CT molecular complexity index is 935. The summed E-state index contributed by atoms with van der Waals surface area (Å²) in [5.41, 5.74) is 9.07. The van der Waals surface area contributed by atoms with Crippen molar-refractivity contribution >= 4 is 41.9 Å². The zero-order valence-corrected chi connectivity index (χ0v) is 18.5. The molecule has 4 rings (SSSR count). The molecule has 3 nitrogen and oxygen atoms in total. The Morgan fingerprint density at radius 1 is 1.44 bits per heavy atom. The molecule has 0 radical (unpaired) electrons. The van der Waals surface area contributed by atoms with Crippen molar-refractivity contribution in [2.24, 2.45) is 5.73 Å². The highest BCUT2D eigenvalue weighted by Crippen LogP contribution is 2.38. The molecular weight excluding hydrogens is 444 g/mol. The molecule has 1 atom stereocenters. The van der Waals surface area contributed by atoms with Gasteiger partial charge in [0.25, 0.3) is 0 Å². The van der Waals surface area contributed by atoms with Crippen LogP contribution < -0.4 is 5.73 Å². The molecule has 27 heavy (non-hydrogen) atoms. The van der Waals surface area contributed by atoms with Gasteiger partial charge < -0.3 is 5.73 Å². The Balaban J connectivity index is 0.000000168. The van der Waals surface area contributed by atoms with E-state index in [1.165, 1.54) is 33.1 Å². The maximum Gasteiger partial charge on any atom is 0.123 e. The van der Waals surface area contributed by atoms with E-state index in [9.17, 15) is 4.39 Å². The van der Waals surface area contributed by atoms with Gasteiger partial charge in [-0.3, -0.25) is 4.68 Å². The van der Waals surface area contributed by atoms with Crippen molar-refractivity contribution < 1.29 is 4.39 Å². The average molecular weight is 466 g/mol. The van der Waals surface area contributed by atoms with E-state index < -0.39 is 0 Å². The number of thiophene rings is 1. The molecule has 1 aromatic carbocycles. The second-order valence-corrected chi connectivity index (χ2v) is 8.92. The number of fused-ring (bicyclic) bond motifs is 3. The molecule has 7 heteroatoms. The van der Waals surface area contributed by atoms with Crippen LogP contribution in [0.2, 0.25) is 0 Å². The predicted octanol–water partition coefficient (Wildman–Crippen LogP) is 5.33. The molecule has 1 aliphatic rings. The van der Waals surface area contributed by atoms with Crippen LogP contribution in [0.3, 0.4) is 0 Å². The SMILES string of the molecule is CC(N)Cc1cccc(F)c1.P=Cc1cc2c(s1)CCCn1ncc(Br)c1-2. The molecule has 0 aliphatic carbocycles. The third-order valence-electron chi connectivity index (χ3n) is 4.24. The summed E-state index contributed by atoms with van der Waals surface area (Å²) >= 11 is 5.44. The molecule has 0 spiro atoms. The molecule has 1 unspecified atom stereocenters. The number of rotatable bonds is 3. The van der Waals surface area contributed by atoms with Gasteiger partial charge in [0.1, 0.15) is 5.82 Å². The molecule has 3 heterocycles. The smallest absolute Gasteiger partial charge is 0.123 e. The lowest BCUT2D eigenvalue weighted by Crippen LogP contribution is -2.17. The van der Waals surface area contributed by atoms with Gasteiger partial charge in [0.15, 0.2) is 0 Å². The highest BCUT2D eigenvalue weighted by Gasteiger charge is 2.20. The van der Waals surface area contributed by atoms with Crippen LogP contribution in [0.25, 0.3) is 11.3 Å². The molecule has 142 valence electrons. The fourth-order valence-electron chi connectivity index (χ4n) is 3.13. The van der Waals surface area contributed by atoms with Crippen LogP contribution in [0.5, 0.6) is 0 Å². The molecule has 0 fully saturated rings. The number of aryl methyl sites for hydroxylation is 2. The van der Waals surface area contributed by atoms with Gasteiger partial charge in [-0.15, -0.1) is 20.2 Å². The van der Waals surface area contributed by atoms with E-state index in [0.29, 0.717) is 0 Å². The van der Waals surface area contributed by atoms with Crippen LogP contribution >= 0.6 is 36.1 Å². The molecule has 0 saturated heterocycles. The second-order valence-electron chi connectivity index (χ2n) is 6.61. The lowest BCUT2D eigenvalue weighted by molar-refractivity contribution is 0.595. The van der Waals surface area contributed by atoms with Crippen molar-refractivity contribution in [3.05, 3.63) is 62.1 Å². The van der Waals surface area contributed by atoms with Gasteiger partial charge in [0.05, 0.1) is 16.4 Å². The van der Waals surface area contributed by atoms with Crippen LogP contribution in [-0.4, -0.2) is 21.6 Å². The number of aromatic nitrogens is 2. The lowest BCUT2D eigenvalue weighted by atomic mass is 10.1. The minimum atomic E-state index is -0.192. The number of halogens is 2. The first kappa shape index (κ1) is 20.4. The topological polar surface area (TPSA) is 43.8 Å². The summed E-state index contributed by atoms with van der Waals surface area (Å²) in [5.74, 6) is 1.79. The predicted molar refractivity (Wildman–Crippen MR) is 119 cm³/mol. The fraction of sp³-hybridized carbons (Fsp3) is 0.300. The largest absolute Gasteiger partial charge is 0.328 e. The third kappa shape index (κ3) is 5.14. The molecular formula is C20H22BrFN3PS. The number of hydrogen-bond donors (Lipinski definition) is 1. The Morgan fingerprint density at radius 3 is 2.96 bits per heavy atom. The number of nitrogens with zero attached hydrogens (tertiary/aromatic N) is 2. The van der Waals surface area contributed by atoms with Crippen LogP contribution in [0.15, 0.2) is 41.0 Å². The first-order valence-electron chi connectivity index (χ1n) is 8.83. The summed E-state index contributed by atoms with van der Waals surface area (Å²) < 4.78 is 15.8. The summed E-state index contributed by atoms with van der Waals surface area (Å²) in [6, 6.07) is 8.86. The maximum atomic E-state index is 12.6. The van der Waals surface area contributed by atoms with Gasteiger partial charge in [0.2, 0.25) is 0 Å². The Labute approximate surface area is 173 Å². The second kappa shape index (κ2) is 9.24. The van der Waals surface area contributed by atoms with Gasteiger partial charge in [-0.1, -0.05) is 12.1 Å². The van der Waals surface area contributed by atoms with E-state index >= 15 is 0 Å². The summed E-state index contributed by atoms with van der Waals surface area (Å²) in [5, 5.41) is 4.40. The van der Waals surface area contributed by atoms with E-state index in [1.807, 2.05) is 36.3 Å². The first-order valence-corrected chi connectivity index (χ1v) is 11.0. The lowest BCUT2D eigenvalue weighted by Gasteiger charge is -2.03. The summed E-state index contributed by atoms with van der Waals surface area (Å²) in [7, 11) is 3.45. The minimum Gasteiger partial charge on any atom is -0.328 e. The van der Waals surface area contributed by atoms with Gasteiger partial charge in [-0.25, -0.2) is 4.39 Å². The Morgan fingerprint density at radius 2 is 2.26 bits per heavy atom. The quantitative estimate of drug-likeness (QED) is 0.531. The summed E-state index contributed by atoms with van der Waals surface area (Å²) in [4.78, 5) is 2.73. The van der Waals surface area contributed by atoms with Crippen molar-refractivity contribution in [2.75, 3.05) is 0 Å². The Kier molecular flexibility index (Phi) is 6.99. The van der Waals surface area contributed by atoms with Crippen molar-refractivity contribution in [3.8, 4) is 11.3 Å². The van der Waals surface area contributed by atoms with E-state index in [4.69, 9.17) is 5.73 Å². The average Bonchev–Trinajstić information content (AvgIpc) is 3.14. The van der Waals surface area contributed by atoms with Crippen LogP contribution in [0.4, 0.5) is 4.39 Å². The fourth-order valence-corrected chi connectivity index (χ4v) is 4.93. The summed E-state index contributed by atoms with van der Waals surface area (Å²) in [6.45, 7) is 2.92. The monoisotopic (exact) mass is 465 g/mol. The first-order chi connectivity index (χ1) is 13.0. The van der Waals surface area contributed by atoms with Crippen molar-refractivity contribution in [1.82, 2.24) is 9.78 Å². The highest BCUT2D eigenvalue weighted by molar-refractivity contribution is 9.10. The number of benzene rings is 1. The van der Waals surface area contributed by atoms with Crippen molar-refractivity contribution in [1.29, 1.82) is 0 Å². The molecule has 0 saturated carbocycles. The van der Waals surface area contributed by atoms with E-state index in [0.717, 1.165) is 35.8 Å². The van der Waals surface area contributed by atoms with E-state index in [1.54, 1.807) is 6.07 Å². The van der Waals surface area contributed by atoms with Crippen molar-refractivity contribution in [2.45, 2.75) is 38.8 Å². The van der Waals surface area contributed by atoms with Crippen LogP contribution in [0.1, 0.15) is 28.7 Å². The van der Waals surface area contributed by atoms with Crippen LogP contribution in [-0.2, 0) is 19.4 Å². The maximum absolute atomic E-state index is 12.6. The van der Waals surface area contributed by atoms with E-state index in [-0.39, 0.29) is 11.9 Å². The highest BCUT2D eigenvalue weighted by atomic mass is 79.9. The van der Waals surface area contributed by atoms with Crippen molar-refractivity contribution in [3.63, 3.8) is 0 Å². The molecule has 0 amide bonds. The standard InChI is InChI=1S/C11H10BrN2PS.C9H12FN/c12-9-5-13-14-3-1-2-10-8(11(9)14)4-7(6-15)16-10;1-7(11)5-8-3-2-4-9(10)6-8/h4-6,15H,1-3H2;2-4,6-7H,5,11H2,1H3. The van der Waals surface area contributed by atoms with Crippen LogP contribution in [0, 0.1) is 5.82 Å². The van der Waals surface area contributed by atoms with Gasteiger partial charge in [0, 0.05) is 27.9 Å². The normalized spacial score (nSPS) is 13.6. The molecule has 0 bridgehead atoms. The molecule has 3 aromatic rings. The number of nitrogens with two attached hydrogens (primary N) is 1. The zero-order valence-electron chi connectivity index (χ0n) is 15.1. The zero-order chi connectivity index (χ0) is 19.4. The van der Waals surface area contributed by atoms with E-state index in [2.05, 4.69) is 40.6 Å². The Hall–Kier alpha value is -1.33. The van der Waals surface area contributed by atoms with Gasteiger partial charge in [-0.05, 0) is 71.7 Å².